The number of rotatable bonds is 15. The molecule has 14 nitrogen and oxygen atoms in total. The number of benzene rings is 18. The number of nitrogens with zero attached hydrogens (tertiary/aromatic N) is 14. The van der Waals surface area contributed by atoms with E-state index in [4.69, 9.17) is 39.9 Å². The van der Waals surface area contributed by atoms with E-state index in [1.807, 2.05) is 128 Å². The lowest BCUT2D eigenvalue weighted by Gasteiger charge is -2.14. The van der Waals surface area contributed by atoms with E-state index in [2.05, 4.69) is 434 Å². The van der Waals surface area contributed by atoms with Crippen molar-refractivity contribution >= 4 is 131 Å². The summed E-state index contributed by atoms with van der Waals surface area (Å²) in [6, 6.07) is 179. The second-order valence-electron chi connectivity index (χ2n) is 37.7. The summed E-state index contributed by atoms with van der Waals surface area (Å²) >= 11 is 0. The second kappa shape index (κ2) is 37.0. The number of pyridine rings is 4. The summed E-state index contributed by atoms with van der Waals surface area (Å²) in [6.07, 6.45) is 7.57. The Balaban J connectivity index is 0.000000108. The van der Waals surface area contributed by atoms with Crippen LogP contribution in [-0.2, 0) is 0 Å². The molecule has 30 aromatic rings. The molecule has 0 aliphatic heterocycles. The summed E-state index contributed by atoms with van der Waals surface area (Å²) in [7, 11) is 0. The predicted octanol–water partition coefficient (Wildman–Crippen LogP) is 33.8. The van der Waals surface area contributed by atoms with Crippen LogP contribution in [0.4, 0.5) is 0 Å². The number of aromatic nitrogens is 14. The molecule has 0 fully saturated rings. The molecule has 0 amide bonds. The first kappa shape index (κ1) is 87.3. The van der Waals surface area contributed by atoms with Gasteiger partial charge in [0, 0.05) is 118 Å². The van der Waals surface area contributed by atoms with Crippen molar-refractivity contribution in [1.29, 1.82) is 0 Å². The number of hydrogen-bond acceptors (Lipinski definition) is 8. The molecular formula is C136H88N14. The van der Waals surface area contributed by atoms with Gasteiger partial charge < -0.3 is 22.8 Å². The van der Waals surface area contributed by atoms with Crippen molar-refractivity contribution in [2.45, 2.75) is 0 Å². The maximum atomic E-state index is 5.17. The first-order chi connectivity index (χ1) is 74.4. The molecule has 0 spiro atoms. The van der Waals surface area contributed by atoms with Crippen LogP contribution in [0.1, 0.15) is 0 Å². The van der Waals surface area contributed by atoms with Crippen molar-refractivity contribution in [2.75, 3.05) is 0 Å². The fraction of sp³-hybridized carbons (Fsp3) is 0. The van der Waals surface area contributed by atoms with Crippen LogP contribution in [0.3, 0.4) is 0 Å². The molecular weight excluding hydrogens is 1830 g/mol. The lowest BCUT2D eigenvalue weighted by Crippen LogP contribution is -2.04. The SMILES string of the molecule is c1ccc(-c2cc(-c3ccccc3)nc(-n3c4ccc(-c5ccc6c(c5)c5ccccc5n6-c5ccccc5)cc4c4ncccc43)n2)cc1.c1ccc(-c2cc(-n3c4ccc(-c5ccc6c(c5)c5ccccc5n6-c5ccccc5)cc4c4ncccc43)cc(-c3ccccc3)n2)cc1.c1ccc(-c2ncc(-n3c4ccc(-c5ccc6c(c5)c5ccccc5n6-c5ccccc5)cc4c4ncccc43)c(-c3ccccc3)n2)cc1. The lowest BCUT2D eigenvalue weighted by molar-refractivity contribution is 0.994. The summed E-state index contributed by atoms with van der Waals surface area (Å²) in [6.45, 7) is 0. The third kappa shape index (κ3) is 15.4. The molecule has 0 aliphatic rings. The van der Waals surface area contributed by atoms with E-state index in [0.717, 1.165) is 184 Å². The molecule has 150 heavy (non-hydrogen) atoms. The molecule has 0 saturated heterocycles. The van der Waals surface area contributed by atoms with Gasteiger partial charge in [0.25, 0.3) is 0 Å². The molecule has 0 aliphatic carbocycles. The molecule has 18 aromatic carbocycles. The van der Waals surface area contributed by atoms with Crippen molar-refractivity contribution < 1.29 is 0 Å². The van der Waals surface area contributed by atoms with Gasteiger partial charge in [-0.1, -0.05) is 328 Å². The summed E-state index contributed by atoms with van der Waals surface area (Å²) in [5.41, 5.74) is 39.3. The van der Waals surface area contributed by atoms with Crippen molar-refractivity contribution in [3.05, 3.63) is 534 Å². The minimum absolute atomic E-state index is 0.612. The Morgan fingerprint density at radius 3 is 0.767 bits per heavy atom. The predicted molar refractivity (Wildman–Crippen MR) is 617 cm³/mol. The Morgan fingerprint density at radius 1 is 0.147 bits per heavy atom. The minimum atomic E-state index is 0.612. The highest BCUT2D eigenvalue weighted by Gasteiger charge is 2.27. The molecule has 12 heterocycles. The highest BCUT2D eigenvalue weighted by molar-refractivity contribution is 6.16. The van der Waals surface area contributed by atoms with Crippen molar-refractivity contribution in [3.8, 4) is 135 Å². The van der Waals surface area contributed by atoms with Crippen molar-refractivity contribution in [1.82, 2.24) is 67.3 Å². The van der Waals surface area contributed by atoms with Crippen molar-refractivity contribution in [3.63, 3.8) is 0 Å². The van der Waals surface area contributed by atoms with E-state index in [1.165, 1.54) is 71.0 Å². The Hall–Kier alpha value is -20.5. The Bertz CT molecular complexity index is 9930. The normalized spacial score (nSPS) is 11.6. The molecule has 14 heteroatoms. The molecule has 30 rings (SSSR count). The molecule has 702 valence electrons. The zero-order valence-corrected chi connectivity index (χ0v) is 81.1. The summed E-state index contributed by atoms with van der Waals surface area (Å²) in [4.78, 5) is 40.3. The average Bonchev–Trinajstić information content (AvgIpc) is 1.58. The highest BCUT2D eigenvalue weighted by atomic mass is 15.2. The fourth-order valence-corrected chi connectivity index (χ4v) is 22.1. The zero-order chi connectivity index (χ0) is 99.1. The van der Waals surface area contributed by atoms with E-state index >= 15 is 0 Å². The van der Waals surface area contributed by atoms with Crippen LogP contribution < -0.4 is 0 Å². The van der Waals surface area contributed by atoms with Crippen LogP contribution in [0.2, 0.25) is 0 Å². The van der Waals surface area contributed by atoms with Gasteiger partial charge in [-0.15, -0.1) is 0 Å². The van der Waals surface area contributed by atoms with Gasteiger partial charge in [-0.25, -0.2) is 24.9 Å². The molecule has 0 atom stereocenters. The number of fused-ring (bicyclic) bond motifs is 18. The lowest BCUT2D eigenvalue weighted by atomic mass is 10.0. The van der Waals surface area contributed by atoms with Crippen LogP contribution in [0, 0.1) is 0 Å². The standard InChI is InChI=1S/C46H30N4.2C45H29N5/c1-4-13-31(14-5-1)40-29-36(30-41(48-40)32-15-6-2-7-16-32)50-44-25-23-34(28-39(44)46-45(50)21-12-26-47-46)33-22-24-43-38(27-33)37-19-10-11-20-42(37)49(43)35-17-8-3-9-18-35;1-4-13-30(14-5-1)38-29-39(31-15-6-2-7-16-31)48-45(47-38)50-42-25-23-33(28-37(42)44-43(50)21-12-26-46-44)32-22-24-41-36(27-32)35-19-10-11-20-40(35)49(41)34-17-8-3-9-18-34;1-4-13-30(14-5-1)43-42(29-47-45(48-43)31-15-6-2-7-16-31)50-40-25-23-33(28-37(40)44-41(50)21-12-26-46-44)32-22-24-39-36(27-32)35-19-10-11-20-38(35)49(39)34-17-8-3-9-18-34/h1-30H;2*1-29H. The van der Waals surface area contributed by atoms with Gasteiger partial charge in [-0.05, 0) is 215 Å². The van der Waals surface area contributed by atoms with Gasteiger partial charge in [-0.2, -0.15) is 0 Å². The fourth-order valence-electron chi connectivity index (χ4n) is 22.1. The Kier molecular flexibility index (Phi) is 21.6. The average molecular weight is 1920 g/mol. The monoisotopic (exact) mass is 1920 g/mol. The van der Waals surface area contributed by atoms with E-state index in [0.29, 0.717) is 11.8 Å². The largest absolute Gasteiger partial charge is 0.309 e. The van der Waals surface area contributed by atoms with Gasteiger partial charge in [-0.3, -0.25) is 19.5 Å². The summed E-state index contributed by atoms with van der Waals surface area (Å²) < 4.78 is 13.8. The number of hydrogen-bond donors (Lipinski definition) is 0. The van der Waals surface area contributed by atoms with Gasteiger partial charge in [0.15, 0.2) is 5.82 Å². The van der Waals surface area contributed by atoms with E-state index < -0.39 is 0 Å². The summed E-state index contributed by atoms with van der Waals surface area (Å²) in [5, 5.41) is 10.7. The highest BCUT2D eigenvalue weighted by Crippen LogP contribution is 2.46. The Morgan fingerprint density at radius 2 is 0.407 bits per heavy atom. The van der Waals surface area contributed by atoms with Gasteiger partial charge >= 0.3 is 0 Å². The van der Waals surface area contributed by atoms with Crippen LogP contribution in [0.5, 0.6) is 0 Å². The van der Waals surface area contributed by atoms with Crippen molar-refractivity contribution in [2.24, 2.45) is 0 Å². The smallest absolute Gasteiger partial charge is 0.235 e. The van der Waals surface area contributed by atoms with Crippen LogP contribution in [-0.4, -0.2) is 67.3 Å². The topological polar surface area (TPSA) is 133 Å². The van der Waals surface area contributed by atoms with Gasteiger partial charge in [0.1, 0.15) is 0 Å². The van der Waals surface area contributed by atoms with Crippen LogP contribution in [0.15, 0.2) is 534 Å². The third-order valence-electron chi connectivity index (χ3n) is 29.0. The third-order valence-corrected chi connectivity index (χ3v) is 29.0. The molecule has 0 bridgehead atoms. The van der Waals surface area contributed by atoms with E-state index in [1.54, 1.807) is 0 Å². The van der Waals surface area contributed by atoms with E-state index in [-0.39, 0.29) is 0 Å². The molecule has 0 radical (unpaired) electrons. The van der Waals surface area contributed by atoms with Gasteiger partial charge in [0.2, 0.25) is 5.95 Å². The van der Waals surface area contributed by atoms with E-state index in [9.17, 15) is 0 Å². The minimum Gasteiger partial charge on any atom is -0.309 e. The van der Waals surface area contributed by atoms with Crippen LogP contribution in [0.25, 0.3) is 267 Å². The number of para-hydroxylation sites is 6. The molecule has 0 unspecified atom stereocenters. The Labute approximate surface area is 862 Å². The molecule has 12 aromatic heterocycles. The zero-order valence-electron chi connectivity index (χ0n) is 81.1. The second-order valence-corrected chi connectivity index (χ2v) is 37.7. The first-order valence-corrected chi connectivity index (χ1v) is 50.5. The quantitative estimate of drug-likeness (QED) is 0.0991. The summed E-state index contributed by atoms with van der Waals surface area (Å²) in [5.74, 6) is 1.31. The molecule has 0 N–H and O–H groups in total. The first-order valence-electron chi connectivity index (χ1n) is 50.5. The van der Waals surface area contributed by atoms with Crippen LogP contribution >= 0.6 is 0 Å². The van der Waals surface area contributed by atoms with Gasteiger partial charge in [0.05, 0.1) is 129 Å². The maximum absolute atomic E-state index is 5.17. The molecule has 0 saturated carbocycles. The maximum Gasteiger partial charge on any atom is 0.235 e.